The summed E-state index contributed by atoms with van der Waals surface area (Å²) in [7, 11) is -8.87. The van der Waals surface area contributed by atoms with E-state index in [-0.39, 0.29) is 100 Å². The number of rotatable bonds is 24. The molecule has 1 aromatic rings. The summed E-state index contributed by atoms with van der Waals surface area (Å²) in [6.07, 6.45) is 25.2. The standard InChI is InChI=1S/C18H29O3S.C12H26O4S.3Na/c1-2-3-4-5-6-7-8-9-10-11-13-17-14-12-15-18(16-17)22(19,20)21;1-2-3-4-5-6-7-8-9-10-11-12-16-17(13,14)15;;;/h12,14-15H,2-11,13H2,1H3,(H,19,20,21);2-12H2,1H3,(H,13,14,15);;;/q-1;;3*+1/p-2. The van der Waals surface area contributed by atoms with Crippen LogP contribution in [0.4, 0.5) is 0 Å². The Morgan fingerprint density at radius 1 is 0.595 bits per heavy atom. The Kier molecular flexibility index (Phi) is 41.6. The first kappa shape index (κ1) is 50.8. The van der Waals surface area contributed by atoms with Crippen LogP contribution < -0.4 is 88.7 Å². The third-order valence-corrected chi connectivity index (χ3v) is 7.86. The third-order valence-electron chi connectivity index (χ3n) is 6.62. The second kappa shape index (κ2) is 34.3. The maximum Gasteiger partial charge on any atom is 1.00 e. The molecule has 0 aliphatic carbocycles. The number of aryl methyl sites for hydroxylation is 1. The van der Waals surface area contributed by atoms with E-state index in [0.29, 0.717) is 6.42 Å². The molecule has 0 bridgehead atoms. The molecule has 0 saturated heterocycles. The van der Waals surface area contributed by atoms with Crippen LogP contribution in [0.25, 0.3) is 0 Å². The van der Waals surface area contributed by atoms with Crippen LogP contribution in [0, 0.1) is 6.07 Å². The van der Waals surface area contributed by atoms with E-state index in [1.807, 2.05) is 6.07 Å². The Labute approximate surface area is 325 Å². The van der Waals surface area contributed by atoms with Crippen LogP contribution in [-0.4, -0.2) is 32.5 Å². The smallest absolute Gasteiger partial charge is 0.746 e. The van der Waals surface area contributed by atoms with Gasteiger partial charge in [0.05, 0.1) is 6.61 Å². The molecule has 0 radical (unpaired) electrons. The average molecular weight is 659 g/mol. The summed E-state index contributed by atoms with van der Waals surface area (Å²) in [5.74, 6) is 0. The van der Waals surface area contributed by atoms with Crippen LogP contribution in [0.2, 0.25) is 0 Å². The first-order chi connectivity index (χ1) is 18.6. The van der Waals surface area contributed by atoms with Gasteiger partial charge >= 0.3 is 88.7 Å². The average Bonchev–Trinajstić information content (AvgIpc) is 2.88. The molecule has 0 N–H and O–H groups in total. The van der Waals surface area contributed by atoms with E-state index in [2.05, 4.69) is 24.1 Å². The van der Waals surface area contributed by atoms with Gasteiger partial charge in [-0.1, -0.05) is 147 Å². The maximum atomic E-state index is 10.9. The van der Waals surface area contributed by atoms with E-state index >= 15 is 0 Å². The molecule has 42 heavy (non-hydrogen) atoms. The Balaban J connectivity index is -0.000000331. The molecule has 0 atom stereocenters. The normalized spacial score (nSPS) is 11.0. The summed E-state index contributed by atoms with van der Waals surface area (Å²) in [6, 6.07) is 7.48. The van der Waals surface area contributed by atoms with Crippen molar-refractivity contribution in [3.8, 4) is 0 Å². The van der Waals surface area contributed by atoms with Crippen molar-refractivity contribution >= 4 is 20.5 Å². The van der Waals surface area contributed by atoms with Crippen LogP contribution in [0.15, 0.2) is 23.1 Å². The molecule has 0 heterocycles. The van der Waals surface area contributed by atoms with Crippen LogP contribution in [0.5, 0.6) is 0 Å². The van der Waals surface area contributed by atoms with E-state index in [4.69, 9.17) is 0 Å². The van der Waals surface area contributed by atoms with E-state index in [1.165, 1.54) is 102 Å². The van der Waals surface area contributed by atoms with Crippen molar-refractivity contribution in [3.63, 3.8) is 0 Å². The molecule has 7 nitrogen and oxygen atoms in total. The van der Waals surface area contributed by atoms with Crippen LogP contribution in [0.1, 0.15) is 148 Å². The summed E-state index contributed by atoms with van der Waals surface area (Å²) in [6.45, 7) is 4.48. The van der Waals surface area contributed by atoms with E-state index in [1.54, 1.807) is 6.07 Å². The zero-order chi connectivity index (χ0) is 29.2. The molecule has 0 fully saturated rings. The predicted molar refractivity (Wildman–Crippen MR) is 156 cm³/mol. The maximum absolute atomic E-state index is 10.9. The fourth-order valence-corrected chi connectivity index (χ4v) is 5.16. The second-order valence-corrected chi connectivity index (χ2v) is 12.7. The third kappa shape index (κ3) is 36.5. The molecule has 0 aliphatic rings. The number of hydrogen-bond acceptors (Lipinski definition) is 7. The zero-order valence-corrected chi connectivity index (χ0v) is 35.1. The van der Waals surface area contributed by atoms with Gasteiger partial charge in [0.2, 0.25) is 10.4 Å². The largest absolute Gasteiger partial charge is 1.00 e. The Hall–Kier alpha value is 2.00. The number of benzene rings is 1. The van der Waals surface area contributed by atoms with Gasteiger partial charge in [-0.3, -0.25) is 4.18 Å². The summed E-state index contributed by atoms with van der Waals surface area (Å²) >= 11 is 0. The second-order valence-electron chi connectivity index (χ2n) is 10.3. The quantitative estimate of drug-likeness (QED) is 0.0471. The Morgan fingerprint density at radius 2 is 0.976 bits per heavy atom. The molecule has 1 aromatic carbocycles. The van der Waals surface area contributed by atoms with E-state index in [0.717, 1.165) is 37.7 Å². The minimum absolute atomic E-state index is 0. The van der Waals surface area contributed by atoms with Gasteiger partial charge in [0, 0.05) is 0 Å². The molecule has 230 valence electrons. The van der Waals surface area contributed by atoms with Gasteiger partial charge in [-0.2, -0.15) is 29.8 Å². The predicted octanol–water partition coefficient (Wildman–Crippen LogP) is -0.750. The minimum atomic E-state index is -4.48. The van der Waals surface area contributed by atoms with Crippen molar-refractivity contribution in [1.82, 2.24) is 0 Å². The first-order valence-electron chi connectivity index (χ1n) is 15.2. The molecule has 0 spiro atoms. The molecule has 0 aromatic heterocycles. The topological polar surface area (TPSA) is 124 Å². The van der Waals surface area contributed by atoms with Gasteiger partial charge < -0.3 is 9.11 Å². The fourth-order valence-electron chi connectivity index (χ4n) is 4.34. The van der Waals surface area contributed by atoms with Gasteiger partial charge in [-0.25, -0.2) is 16.8 Å². The van der Waals surface area contributed by atoms with Crippen LogP contribution >= 0.6 is 0 Å². The van der Waals surface area contributed by atoms with Gasteiger partial charge in [-0.05, 0) is 6.42 Å². The van der Waals surface area contributed by atoms with Gasteiger partial charge in [0.25, 0.3) is 0 Å². The Morgan fingerprint density at radius 3 is 1.36 bits per heavy atom. The van der Waals surface area contributed by atoms with Crippen molar-refractivity contribution in [2.45, 2.75) is 154 Å². The fraction of sp³-hybridized carbons (Fsp3) is 0.800. The summed E-state index contributed by atoms with van der Waals surface area (Å²) < 4.78 is 67.3. The number of hydrogen-bond donors (Lipinski definition) is 0. The van der Waals surface area contributed by atoms with Crippen LogP contribution in [0.3, 0.4) is 0 Å². The van der Waals surface area contributed by atoms with Gasteiger partial charge in [0.15, 0.2) is 0 Å². The SMILES string of the molecule is CCCCCCCCCCCCOS(=O)(=O)[O-].CCCCCCCCCCCCc1[c-]c(S(=O)(=O)[O-])ccc1.[Na+].[Na+].[Na+]. The van der Waals surface area contributed by atoms with Gasteiger partial charge in [-0.15, -0.1) is 0 Å². The molecule has 0 saturated carbocycles. The van der Waals surface area contributed by atoms with E-state index < -0.39 is 20.5 Å². The van der Waals surface area contributed by atoms with Crippen molar-refractivity contribution in [2.75, 3.05) is 6.61 Å². The molecule has 12 heteroatoms. The zero-order valence-electron chi connectivity index (χ0n) is 27.5. The molecular formula is C30H53Na3O7S2. The summed E-state index contributed by atoms with van der Waals surface area (Å²) in [4.78, 5) is -0.239. The summed E-state index contributed by atoms with van der Waals surface area (Å²) in [5.41, 5.74) is 0.816. The van der Waals surface area contributed by atoms with Crippen LogP contribution in [-0.2, 0) is 31.1 Å². The van der Waals surface area contributed by atoms with Gasteiger partial charge in [0.1, 0.15) is 10.1 Å². The first-order valence-corrected chi connectivity index (χ1v) is 17.9. The van der Waals surface area contributed by atoms with E-state index in [9.17, 15) is 25.9 Å². The molecular weight excluding hydrogens is 605 g/mol. The molecule has 1 rings (SSSR count). The van der Waals surface area contributed by atoms with Crippen molar-refractivity contribution in [3.05, 3.63) is 29.8 Å². The molecule has 0 amide bonds. The van der Waals surface area contributed by atoms with Crippen molar-refractivity contribution < 1.29 is 119 Å². The molecule has 0 aliphatic heterocycles. The minimum Gasteiger partial charge on any atom is -0.746 e. The van der Waals surface area contributed by atoms with Crippen molar-refractivity contribution in [2.24, 2.45) is 0 Å². The molecule has 0 unspecified atom stereocenters. The number of unbranched alkanes of at least 4 members (excludes halogenated alkanes) is 18. The monoisotopic (exact) mass is 658 g/mol. The summed E-state index contributed by atoms with van der Waals surface area (Å²) in [5, 5.41) is 0. The Bertz CT molecular complexity index is 915. The van der Waals surface area contributed by atoms with Crippen molar-refractivity contribution in [1.29, 1.82) is 0 Å².